The Morgan fingerprint density at radius 2 is 2.05 bits per heavy atom. The zero-order valence-electron chi connectivity index (χ0n) is 10.3. The van der Waals surface area contributed by atoms with Crippen molar-refractivity contribution in [3.05, 3.63) is 37.2 Å². The van der Waals surface area contributed by atoms with Crippen LogP contribution in [-0.2, 0) is 0 Å². The molecule has 1 aromatic heterocycles. The molecule has 1 N–H and O–H groups in total. The lowest BCUT2D eigenvalue weighted by molar-refractivity contribution is 0.218. The SMILES string of the molecule is OC(c1cc(Br)c2c(c1)OCCCO2)c1nc(Br)cs1. The summed E-state index contributed by atoms with van der Waals surface area (Å²) < 4.78 is 12.8. The highest BCUT2D eigenvalue weighted by atomic mass is 79.9. The van der Waals surface area contributed by atoms with Crippen molar-refractivity contribution >= 4 is 43.2 Å². The molecule has 1 atom stereocenters. The lowest BCUT2D eigenvalue weighted by Gasteiger charge is -2.14. The Bertz CT molecular complexity index is 632. The fraction of sp³-hybridized carbons (Fsp3) is 0.308. The van der Waals surface area contributed by atoms with Gasteiger partial charge in [0.2, 0.25) is 0 Å². The second-order valence-electron chi connectivity index (χ2n) is 4.29. The van der Waals surface area contributed by atoms with E-state index in [1.165, 1.54) is 11.3 Å². The summed E-state index contributed by atoms with van der Waals surface area (Å²) in [6.45, 7) is 1.24. The minimum absolute atomic E-state index is 0.613. The lowest BCUT2D eigenvalue weighted by atomic mass is 10.1. The summed E-state index contributed by atoms with van der Waals surface area (Å²) in [4.78, 5) is 4.25. The monoisotopic (exact) mass is 419 g/mol. The molecule has 7 heteroatoms. The van der Waals surface area contributed by atoms with E-state index in [0.29, 0.717) is 29.7 Å². The van der Waals surface area contributed by atoms with E-state index < -0.39 is 6.10 Å². The molecule has 106 valence electrons. The molecule has 4 nitrogen and oxygen atoms in total. The molecular weight excluding hydrogens is 410 g/mol. The van der Waals surface area contributed by atoms with Crippen molar-refractivity contribution < 1.29 is 14.6 Å². The van der Waals surface area contributed by atoms with Crippen LogP contribution in [0.2, 0.25) is 0 Å². The zero-order chi connectivity index (χ0) is 14.1. The average molecular weight is 421 g/mol. The first-order chi connectivity index (χ1) is 9.65. The number of aliphatic hydroxyl groups is 1. The number of aromatic nitrogens is 1. The molecule has 0 bridgehead atoms. The van der Waals surface area contributed by atoms with Gasteiger partial charge < -0.3 is 14.6 Å². The van der Waals surface area contributed by atoms with Crippen molar-refractivity contribution in [2.45, 2.75) is 12.5 Å². The first kappa shape index (κ1) is 14.3. The summed E-state index contributed by atoms with van der Waals surface area (Å²) in [5.41, 5.74) is 0.725. The number of nitrogens with zero attached hydrogens (tertiary/aromatic N) is 1. The minimum Gasteiger partial charge on any atom is -0.490 e. The highest BCUT2D eigenvalue weighted by molar-refractivity contribution is 9.10. The minimum atomic E-state index is -0.778. The van der Waals surface area contributed by atoms with Gasteiger partial charge in [0.05, 0.1) is 17.7 Å². The maximum atomic E-state index is 10.4. The van der Waals surface area contributed by atoms with Gasteiger partial charge in [-0.1, -0.05) is 0 Å². The van der Waals surface area contributed by atoms with Gasteiger partial charge in [-0.3, -0.25) is 0 Å². The van der Waals surface area contributed by atoms with Crippen LogP contribution in [0.3, 0.4) is 0 Å². The van der Waals surface area contributed by atoms with Gasteiger partial charge in [-0.05, 0) is 49.6 Å². The molecule has 1 aliphatic rings. The van der Waals surface area contributed by atoms with E-state index in [4.69, 9.17) is 9.47 Å². The zero-order valence-corrected chi connectivity index (χ0v) is 14.3. The third-order valence-electron chi connectivity index (χ3n) is 2.87. The van der Waals surface area contributed by atoms with Crippen LogP contribution in [0, 0.1) is 0 Å². The number of hydrogen-bond donors (Lipinski definition) is 1. The van der Waals surface area contributed by atoms with Gasteiger partial charge in [0.15, 0.2) is 11.5 Å². The first-order valence-electron chi connectivity index (χ1n) is 6.03. The Morgan fingerprint density at radius 1 is 1.25 bits per heavy atom. The van der Waals surface area contributed by atoms with Gasteiger partial charge in [0.1, 0.15) is 15.7 Å². The quantitative estimate of drug-likeness (QED) is 0.800. The first-order valence-corrected chi connectivity index (χ1v) is 8.50. The summed E-state index contributed by atoms with van der Waals surface area (Å²) in [6, 6.07) is 3.65. The molecule has 3 rings (SSSR count). The fourth-order valence-electron chi connectivity index (χ4n) is 1.94. The molecule has 0 amide bonds. The van der Waals surface area contributed by atoms with Crippen molar-refractivity contribution in [3.63, 3.8) is 0 Å². The Kier molecular flexibility index (Phi) is 4.30. The number of benzene rings is 1. The van der Waals surface area contributed by atoms with Gasteiger partial charge in [-0.15, -0.1) is 11.3 Å². The summed E-state index contributed by atoms with van der Waals surface area (Å²) in [6.07, 6.45) is 0.0677. The number of fused-ring (bicyclic) bond motifs is 1. The number of aliphatic hydroxyl groups excluding tert-OH is 1. The Labute approximate surface area is 137 Å². The molecule has 1 aromatic carbocycles. The summed E-state index contributed by atoms with van der Waals surface area (Å²) in [5.74, 6) is 1.35. The van der Waals surface area contributed by atoms with Gasteiger partial charge in [-0.2, -0.15) is 0 Å². The van der Waals surface area contributed by atoms with Crippen LogP contribution >= 0.6 is 43.2 Å². The van der Waals surface area contributed by atoms with E-state index in [9.17, 15) is 5.11 Å². The third kappa shape index (κ3) is 2.86. The second kappa shape index (κ2) is 6.01. The van der Waals surface area contributed by atoms with E-state index >= 15 is 0 Å². The smallest absolute Gasteiger partial charge is 0.175 e. The largest absolute Gasteiger partial charge is 0.490 e. The molecule has 1 aliphatic heterocycles. The Hall–Kier alpha value is -0.630. The summed E-state index contributed by atoms with van der Waals surface area (Å²) >= 11 is 8.17. The lowest BCUT2D eigenvalue weighted by Crippen LogP contribution is -2.01. The molecule has 0 aliphatic carbocycles. The van der Waals surface area contributed by atoms with Crippen LogP contribution in [0.4, 0.5) is 0 Å². The third-order valence-corrected chi connectivity index (χ3v) is 5.06. The molecule has 0 saturated carbocycles. The predicted molar refractivity (Wildman–Crippen MR) is 83.6 cm³/mol. The molecule has 20 heavy (non-hydrogen) atoms. The summed E-state index contributed by atoms with van der Waals surface area (Å²) in [7, 11) is 0. The molecule has 0 spiro atoms. The van der Waals surface area contributed by atoms with Crippen LogP contribution in [0.15, 0.2) is 26.6 Å². The maximum absolute atomic E-state index is 10.4. The van der Waals surface area contributed by atoms with Crippen LogP contribution in [0.25, 0.3) is 0 Å². The normalized spacial score (nSPS) is 15.8. The Morgan fingerprint density at radius 3 is 2.80 bits per heavy atom. The highest BCUT2D eigenvalue weighted by Crippen LogP contribution is 2.40. The number of ether oxygens (including phenoxy) is 2. The van der Waals surface area contributed by atoms with Crippen molar-refractivity contribution in [1.29, 1.82) is 0 Å². The van der Waals surface area contributed by atoms with E-state index in [1.54, 1.807) is 0 Å². The van der Waals surface area contributed by atoms with Crippen molar-refractivity contribution in [2.24, 2.45) is 0 Å². The van der Waals surface area contributed by atoms with Crippen LogP contribution < -0.4 is 9.47 Å². The molecule has 0 saturated heterocycles. The van der Waals surface area contributed by atoms with Crippen LogP contribution in [-0.4, -0.2) is 23.3 Å². The van der Waals surface area contributed by atoms with Crippen molar-refractivity contribution in [3.8, 4) is 11.5 Å². The molecule has 1 unspecified atom stereocenters. The number of hydrogen-bond acceptors (Lipinski definition) is 5. The van der Waals surface area contributed by atoms with Crippen LogP contribution in [0.5, 0.6) is 11.5 Å². The number of thiazole rings is 1. The maximum Gasteiger partial charge on any atom is 0.175 e. The van der Waals surface area contributed by atoms with E-state index in [2.05, 4.69) is 36.8 Å². The summed E-state index contributed by atoms with van der Waals surface area (Å²) in [5, 5.41) is 12.9. The number of halogens is 2. The van der Waals surface area contributed by atoms with Crippen molar-refractivity contribution in [1.82, 2.24) is 4.98 Å². The van der Waals surface area contributed by atoms with Gasteiger partial charge in [-0.25, -0.2) is 4.98 Å². The average Bonchev–Trinajstić information content (AvgIpc) is 2.72. The van der Waals surface area contributed by atoms with E-state index in [1.807, 2.05) is 17.5 Å². The van der Waals surface area contributed by atoms with Crippen LogP contribution in [0.1, 0.15) is 23.1 Å². The molecule has 0 fully saturated rings. The molecular formula is C13H11Br2NO3S. The highest BCUT2D eigenvalue weighted by Gasteiger charge is 2.21. The number of rotatable bonds is 2. The van der Waals surface area contributed by atoms with Crippen molar-refractivity contribution in [2.75, 3.05) is 13.2 Å². The topological polar surface area (TPSA) is 51.6 Å². The van der Waals surface area contributed by atoms with Gasteiger partial charge in [0, 0.05) is 11.8 Å². The fourth-order valence-corrected chi connectivity index (χ4v) is 3.79. The molecule has 2 heterocycles. The standard InChI is InChI=1S/C13H11Br2NO3S/c14-8-4-7(11(17)13-16-10(15)6-20-13)5-9-12(8)19-3-1-2-18-9/h4-6,11,17H,1-3H2. The predicted octanol–water partition coefficient (Wildman–Crippen LogP) is 3.91. The second-order valence-corrected chi connectivity index (χ2v) is 6.85. The Balaban J connectivity index is 1.98. The van der Waals surface area contributed by atoms with Gasteiger partial charge >= 0.3 is 0 Å². The van der Waals surface area contributed by atoms with Gasteiger partial charge in [0.25, 0.3) is 0 Å². The van der Waals surface area contributed by atoms with E-state index in [-0.39, 0.29) is 0 Å². The molecule has 0 radical (unpaired) electrons. The van der Waals surface area contributed by atoms with E-state index in [0.717, 1.165) is 21.1 Å². The molecule has 2 aromatic rings.